The highest BCUT2D eigenvalue weighted by Gasteiger charge is 2.30. The first-order valence-electron chi connectivity index (χ1n) is 6.70. The first-order chi connectivity index (χ1) is 7.66. The molecule has 1 saturated heterocycles. The molecule has 2 fully saturated rings. The molecule has 1 aliphatic heterocycles. The fourth-order valence-electron chi connectivity index (χ4n) is 2.95. The smallest absolute Gasteiger partial charge is 0.237 e. The van der Waals surface area contributed by atoms with Crippen molar-refractivity contribution in [2.24, 2.45) is 11.8 Å². The highest BCUT2D eigenvalue weighted by Crippen LogP contribution is 2.29. The van der Waals surface area contributed by atoms with E-state index < -0.39 is 0 Å². The third-order valence-electron chi connectivity index (χ3n) is 4.16. The zero-order valence-corrected chi connectivity index (χ0v) is 10.5. The molecule has 0 aromatic heterocycles. The van der Waals surface area contributed by atoms with Crippen molar-refractivity contribution in [1.29, 1.82) is 0 Å². The van der Waals surface area contributed by atoms with E-state index in [4.69, 9.17) is 0 Å². The Morgan fingerprint density at radius 3 is 2.81 bits per heavy atom. The Morgan fingerprint density at radius 1 is 1.25 bits per heavy atom. The van der Waals surface area contributed by atoms with Crippen LogP contribution in [0.5, 0.6) is 0 Å². The molecule has 0 bridgehead atoms. The molecule has 4 atom stereocenters. The lowest BCUT2D eigenvalue weighted by Gasteiger charge is -2.36. The summed E-state index contributed by atoms with van der Waals surface area (Å²) >= 11 is 0. The van der Waals surface area contributed by atoms with Crippen molar-refractivity contribution in [3.8, 4) is 0 Å². The van der Waals surface area contributed by atoms with E-state index in [1.54, 1.807) is 0 Å². The van der Waals surface area contributed by atoms with Crippen LogP contribution in [0.2, 0.25) is 0 Å². The normalized spacial score (nSPS) is 40.5. The van der Waals surface area contributed by atoms with Crippen molar-refractivity contribution in [3.05, 3.63) is 0 Å². The Bertz CT molecular complexity index is 254. The largest absolute Gasteiger partial charge is 0.355 e. The molecule has 0 spiro atoms. The maximum absolute atomic E-state index is 11.7. The molecule has 2 aliphatic rings. The number of hydrogen-bond acceptors (Lipinski definition) is 2. The molecular weight excluding hydrogens is 200 g/mol. The monoisotopic (exact) mass is 224 g/mol. The molecule has 0 aromatic carbocycles. The number of rotatable bonds is 2. The highest BCUT2D eigenvalue weighted by molar-refractivity contribution is 5.82. The van der Waals surface area contributed by atoms with Gasteiger partial charge in [-0.15, -0.1) is 0 Å². The summed E-state index contributed by atoms with van der Waals surface area (Å²) in [5, 5.41) is 6.52. The van der Waals surface area contributed by atoms with Gasteiger partial charge < -0.3 is 10.6 Å². The minimum atomic E-state index is 0.0616. The van der Waals surface area contributed by atoms with Gasteiger partial charge in [0.05, 0.1) is 6.04 Å². The van der Waals surface area contributed by atoms with Crippen LogP contribution in [0, 0.1) is 11.8 Å². The molecule has 0 aromatic rings. The number of carbonyl (C=O) groups is 1. The fourth-order valence-corrected chi connectivity index (χ4v) is 2.95. The number of amides is 1. The van der Waals surface area contributed by atoms with E-state index in [9.17, 15) is 4.79 Å². The molecule has 2 N–H and O–H groups in total. The van der Waals surface area contributed by atoms with E-state index in [1.807, 2.05) is 0 Å². The first-order valence-corrected chi connectivity index (χ1v) is 6.70. The van der Waals surface area contributed by atoms with Crippen LogP contribution in [0.1, 0.15) is 46.0 Å². The van der Waals surface area contributed by atoms with Gasteiger partial charge in [0, 0.05) is 12.6 Å². The van der Waals surface area contributed by atoms with E-state index >= 15 is 0 Å². The van der Waals surface area contributed by atoms with Crippen molar-refractivity contribution < 1.29 is 4.79 Å². The molecule has 2 rings (SSSR count). The van der Waals surface area contributed by atoms with Gasteiger partial charge in [-0.1, -0.05) is 20.3 Å². The summed E-state index contributed by atoms with van der Waals surface area (Å²) in [4.78, 5) is 11.7. The van der Waals surface area contributed by atoms with Gasteiger partial charge in [0.15, 0.2) is 0 Å². The third kappa shape index (κ3) is 2.76. The van der Waals surface area contributed by atoms with E-state index in [0.29, 0.717) is 12.0 Å². The highest BCUT2D eigenvalue weighted by atomic mass is 16.2. The second-order valence-corrected chi connectivity index (χ2v) is 5.65. The molecule has 3 heteroatoms. The lowest BCUT2D eigenvalue weighted by atomic mass is 9.79. The van der Waals surface area contributed by atoms with Crippen molar-refractivity contribution in [2.75, 3.05) is 6.54 Å². The molecule has 1 heterocycles. The Morgan fingerprint density at radius 2 is 2.06 bits per heavy atom. The number of carbonyl (C=O) groups excluding carboxylic acids is 1. The van der Waals surface area contributed by atoms with Crippen LogP contribution >= 0.6 is 0 Å². The number of piperidine rings is 1. The molecule has 0 radical (unpaired) electrons. The number of nitrogens with one attached hydrogen (secondary N) is 2. The molecule has 1 amide bonds. The van der Waals surface area contributed by atoms with E-state index in [0.717, 1.165) is 25.3 Å². The van der Waals surface area contributed by atoms with E-state index in [1.165, 1.54) is 19.3 Å². The van der Waals surface area contributed by atoms with Crippen LogP contribution in [0.4, 0.5) is 0 Å². The molecule has 16 heavy (non-hydrogen) atoms. The minimum Gasteiger partial charge on any atom is -0.355 e. The zero-order chi connectivity index (χ0) is 11.5. The average molecular weight is 224 g/mol. The van der Waals surface area contributed by atoms with Crippen molar-refractivity contribution >= 4 is 5.91 Å². The zero-order valence-electron chi connectivity index (χ0n) is 10.5. The maximum atomic E-state index is 11.7. The van der Waals surface area contributed by atoms with Crippen LogP contribution in [0.25, 0.3) is 0 Å². The second kappa shape index (κ2) is 5.17. The van der Waals surface area contributed by atoms with Gasteiger partial charge in [0.25, 0.3) is 0 Å². The quantitative estimate of drug-likeness (QED) is 0.749. The van der Waals surface area contributed by atoms with Crippen LogP contribution in [-0.4, -0.2) is 24.5 Å². The van der Waals surface area contributed by atoms with Gasteiger partial charge >= 0.3 is 0 Å². The maximum Gasteiger partial charge on any atom is 0.237 e. The third-order valence-corrected chi connectivity index (χ3v) is 4.16. The Labute approximate surface area is 98.4 Å². The van der Waals surface area contributed by atoms with Crippen LogP contribution < -0.4 is 10.6 Å². The summed E-state index contributed by atoms with van der Waals surface area (Å²) in [5.74, 6) is 1.72. The molecule has 3 nitrogen and oxygen atoms in total. The van der Waals surface area contributed by atoms with Crippen molar-refractivity contribution in [1.82, 2.24) is 10.6 Å². The predicted octanol–water partition coefficient (Wildman–Crippen LogP) is 1.68. The Kier molecular flexibility index (Phi) is 3.85. The van der Waals surface area contributed by atoms with E-state index in [2.05, 4.69) is 24.5 Å². The lowest BCUT2D eigenvalue weighted by Crippen LogP contribution is -2.54. The topological polar surface area (TPSA) is 41.1 Å². The van der Waals surface area contributed by atoms with Gasteiger partial charge in [-0.25, -0.2) is 0 Å². The molecule has 1 saturated carbocycles. The molecule has 92 valence electrons. The summed E-state index contributed by atoms with van der Waals surface area (Å²) < 4.78 is 0. The van der Waals surface area contributed by atoms with Crippen molar-refractivity contribution in [3.63, 3.8) is 0 Å². The fraction of sp³-hybridized carbons (Fsp3) is 0.923. The molecule has 4 unspecified atom stereocenters. The summed E-state index contributed by atoms with van der Waals surface area (Å²) in [5.41, 5.74) is 0. The Balaban J connectivity index is 1.89. The van der Waals surface area contributed by atoms with E-state index in [-0.39, 0.29) is 11.9 Å². The Hall–Kier alpha value is -0.570. The first kappa shape index (κ1) is 11.9. The molecule has 1 aliphatic carbocycles. The summed E-state index contributed by atoms with van der Waals surface area (Å²) in [6.07, 6.45) is 5.98. The predicted molar refractivity (Wildman–Crippen MR) is 65.1 cm³/mol. The van der Waals surface area contributed by atoms with Crippen LogP contribution in [0.15, 0.2) is 0 Å². The SMILES string of the molecule is CC1CCC(C)C(NC2CCCNC2=O)C1. The lowest BCUT2D eigenvalue weighted by molar-refractivity contribution is -0.124. The van der Waals surface area contributed by atoms with Gasteiger partial charge in [-0.3, -0.25) is 4.79 Å². The van der Waals surface area contributed by atoms with Gasteiger partial charge in [0.1, 0.15) is 0 Å². The van der Waals surface area contributed by atoms with Gasteiger partial charge in [-0.2, -0.15) is 0 Å². The summed E-state index contributed by atoms with van der Waals surface area (Å²) in [6.45, 7) is 5.49. The standard InChI is InChI=1S/C13H24N2O/c1-9-5-6-10(2)12(8-9)15-11-4-3-7-14-13(11)16/h9-12,15H,3-8H2,1-2H3,(H,14,16). The average Bonchev–Trinajstić information content (AvgIpc) is 2.27. The second-order valence-electron chi connectivity index (χ2n) is 5.65. The molecular formula is C13H24N2O. The van der Waals surface area contributed by atoms with Gasteiger partial charge in [-0.05, 0) is 37.5 Å². The van der Waals surface area contributed by atoms with Gasteiger partial charge in [0.2, 0.25) is 5.91 Å². The van der Waals surface area contributed by atoms with Crippen LogP contribution in [0.3, 0.4) is 0 Å². The van der Waals surface area contributed by atoms with Crippen LogP contribution in [-0.2, 0) is 4.79 Å². The number of hydrogen-bond donors (Lipinski definition) is 2. The minimum absolute atomic E-state index is 0.0616. The van der Waals surface area contributed by atoms with Crippen molar-refractivity contribution in [2.45, 2.75) is 58.0 Å². The summed E-state index contributed by atoms with van der Waals surface area (Å²) in [6, 6.07) is 0.601. The summed E-state index contributed by atoms with van der Waals surface area (Å²) in [7, 11) is 0.